The normalized spacial score (nSPS) is 37.0. The Balaban J connectivity index is 2.61. The van der Waals surface area contributed by atoms with Crippen LogP contribution in [0.25, 0.3) is 0 Å². The van der Waals surface area contributed by atoms with Gasteiger partial charge in [0, 0.05) is 11.1 Å². The van der Waals surface area contributed by atoms with E-state index >= 15 is 0 Å². The molecular weight excluding hydrogens is 352 g/mol. The number of hydrogen-bond acceptors (Lipinski definition) is 7. The van der Waals surface area contributed by atoms with E-state index in [0.29, 0.717) is 0 Å². The van der Waals surface area contributed by atoms with Crippen LogP contribution in [0.1, 0.15) is 34.1 Å². The standard InChI is InChI=1S/C20H26O7/c1-6-8-14(22)20(25)11(4)9-13(21)15-12(5)19(24)26-16(15)17(20)27-18(23)10(3)7-2/h6-8,11,13,15-17,21,25H,5,9H2,1-4H3/b8-6+,10-7-/t11-,13-,15-,16+,17-,20+/m0/s1. The molecule has 1 aliphatic heterocycles. The Kier molecular flexibility index (Phi) is 6.07. The van der Waals surface area contributed by atoms with E-state index in [1.165, 1.54) is 25.2 Å². The van der Waals surface area contributed by atoms with Gasteiger partial charge in [-0.3, -0.25) is 4.79 Å². The monoisotopic (exact) mass is 378 g/mol. The number of rotatable bonds is 4. The minimum atomic E-state index is -2.17. The molecule has 0 aromatic rings. The number of carbonyl (C=O) groups excluding carboxylic acids is 3. The highest BCUT2D eigenvalue weighted by Gasteiger charge is 2.62. The fourth-order valence-electron chi connectivity index (χ4n) is 3.68. The first-order valence-electron chi connectivity index (χ1n) is 8.90. The van der Waals surface area contributed by atoms with Crippen LogP contribution >= 0.6 is 0 Å². The Morgan fingerprint density at radius 2 is 2.00 bits per heavy atom. The van der Waals surface area contributed by atoms with E-state index in [0.717, 1.165) is 0 Å². The van der Waals surface area contributed by atoms with Crippen molar-refractivity contribution in [3.63, 3.8) is 0 Å². The van der Waals surface area contributed by atoms with E-state index in [1.807, 2.05) is 0 Å². The van der Waals surface area contributed by atoms with Gasteiger partial charge in [0.2, 0.25) is 0 Å². The van der Waals surface area contributed by atoms with Crippen LogP contribution in [0, 0.1) is 11.8 Å². The first-order valence-corrected chi connectivity index (χ1v) is 8.90. The van der Waals surface area contributed by atoms with Gasteiger partial charge in [-0.1, -0.05) is 25.7 Å². The number of aliphatic hydroxyl groups is 2. The van der Waals surface area contributed by atoms with Crippen LogP contribution < -0.4 is 0 Å². The Morgan fingerprint density at radius 1 is 1.37 bits per heavy atom. The summed E-state index contributed by atoms with van der Waals surface area (Å²) in [6, 6.07) is 0. The van der Waals surface area contributed by atoms with Crippen molar-refractivity contribution in [3.8, 4) is 0 Å². The van der Waals surface area contributed by atoms with Crippen molar-refractivity contribution in [1.29, 1.82) is 0 Å². The number of hydrogen-bond donors (Lipinski definition) is 2. The first-order chi connectivity index (χ1) is 12.6. The van der Waals surface area contributed by atoms with Gasteiger partial charge in [0.1, 0.15) is 0 Å². The van der Waals surface area contributed by atoms with E-state index < -0.39 is 53.5 Å². The van der Waals surface area contributed by atoms with Gasteiger partial charge in [-0.15, -0.1) is 0 Å². The quantitative estimate of drug-likeness (QED) is 0.559. The van der Waals surface area contributed by atoms with E-state index in [1.54, 1.807) is 20.8 Å². The number of carbonyl (C=O) groups is 3. The third-order valence-corrected chi connectivity index (χ3v) is 5.46. The molecule has 7 heteroatoms. The molecule has 1 aliphatic carbocycles. The van der Waals surface area contributed by atoms with Crippen LogP contribution in [0.5, 0.6) is 0 Å². The second kappa shape index (κ2) is 7.78. The van der Waals surface area contributed by atoms with Crippen molar-refractivity contribution >= 4 is 17.7 Å². The van der Waals surface area contributed by atoms with Gasteiger partial charge in [0.15, 0.2) is 23.6 Å². The Hall–Kier alpha value is -2.25. The molecule has 0 bridgehead atoms. The zero-order valence-corrected chi connectivity index (χ0v) is 16.0. The summed E-state index contributed by atoms with van der Waals surface area (Å²) in [7, 11) is 0. The van der Waals surface area contributed by atoms with Crippen LogP contribution in [0.3, 0.4) is 0 Å². The van der Waals surface area contributed by atoms with Crippen molar-refractivity contribution in [3.05, 3.63) is 36.0 Å². The molecule has 0 spiro atoms. The Morgan fingerprint density at radius 3 is 2.56 bits per heavy atom. The molecule has 0 amide bonds. The lowest BCUT2D eigenvalue weighted by molar-refractivity contribution is -0.192. The summed E-state index contributed by atoms with van der Waals surface area (Å²) >= 11 is 0. The summed E-state index contributed by atoms with van der Waals surface area (Å²) in [5, 5.41) is 22.0. The maximum Gasteiger partial charge on any atom is 0.334 e. The molecule has 27 heavy (non-hydrogen) atoms. The number of esters is 2. The largest absolute Gasteiger partial charge is 0.454 e. The molecule has 0 aromatic heterocycles. The van der Waals surface area contributed by atoms with Crippen molar-refractivity contribution in [2.45, 2.75) is 58.0 Å². The van der Waals surface area contributed by atoms with Crippen molar-refractivity contribution in [2.75, 3.05) is 0 Å². The SMILES string of the molecule is C=C1C(=O)O[C@@H]2[C@@H]1[C@@H](O)C[C@H](C)[C@@](O)(C(=O)/C=C/C)[C@H]2OC(=O)/C(C)=C\C. The molecule has 2 aliphatic rings. The smallest absolute Gasteiger partial charge is 0.334 e. The van der Waals surface area contributed by atoms with Crippen molar-refractivity contribution < 1.29 is 34.1 Å². The van der Waals surface area contributed by atoms with E-state index in [-0.39, 0.29) is 17.6 Å². The predicted octanol–water partition coefficient (Wildman–Crippen LogP) is 1.24. The number of fused-ring (bicyclic) bond motifs is 1. The van der Waals surface area contributed by atoms with E-state index in [4.69, 9.17) is 9.47 Å². The minimum absolute atomic E-state index is 0.00721. The molecule has 1 heterocycles. The maximum absolute atomic E-state index is 12.8. The summed E-state index contributed by atoms with van der Waals surface area (Å²) in [6.45, 7) is 10.0. The van der Waals surface area contributed by atoms with Crippen LogP contribution in [0.2, 0.25) is 0 Å². The van der Waals surface area contributed by atoms with Gasteiger partial charge in [-0.25, -0.2) is 9.59 Å². The molecule has 1 saturated carbocycles. The Labute approximate surface area is 158 Å². The molecule has 6 atom stereocenters. The summed E-state index contributed by atoms with van der Waals surface area (Å²) in [4.78, 5) is 37.2. The zero-order chi connectivity index (χ0) is 20.5. The van der Waals surface area contributed by atoms with Gasteiger partial charge in [-0.05, 0) is 39.2 Å². The lowest BCUT2D eigenvalue weighted by Gasteiger charge is -2.38. The van der Waals surface area contributed by atoms with Crippen LogP contribution in [0.4, 0.5) is 0 Å². The number of allylic oxidation sites excluding steroid dienone is 2. The van der Waals surface area contributed by atoms with Gasteiger partial charge in [0.05, 0.1) is 12.0 Å². The topological polar surface area (TPSA) is 110 Å². The molecule has 0 radical (unpaired) electrons. The second-order valence-corrected chi connectivity index (χ2v) is 7.11. The van der Waals surface area contributed by atoms with E-state index in [2.05, 4.69) is 6.58 Å². The van der Waals surface area contributed by atoms with Gasteiger partial charge < -0.3 is 19.7 Å². The van der Waals surface area contributed by atoms with Gasteiger partial charge >= 0.3 is 11.9 Å². The molecule has 0 aromatic carbocycles. The fraction of sp³-hybridized carbons (Fsp3) is 0.550. The van der Waals surface area contributed by atoms with Crippen molar-refractivity contribution in [1.82, 2.24) is 0 Å². The van der Waals surface area contributed by atoms with Crippen LogP contribution in [0.15, 0.2) is 36.0 Å². The number of ether oxygens (including phenoxy) is 2. The minimum Gasteiger partial charge on any atom is -0.454 e. The summed E-state index contributed by atoms with van der Waals surface area (Å²) in [6.07, 6.45) is 0.399. The molecule has 1 saturated heterocycles. The average Bonchev–Trinajstić information content (AvgIpc) is 2.88. The first kappa shape index (κ1) is 21.1. The number of aliphatic hydroxyl groups excluding tert-OH is 1. The summed E-state index contributed by atoms with van der Waals surface area (Å²) in [5.74, 6) is -3.82. The predicted molar refractivity (Wildman–Crippen MR) is 96.4 cm³/mol. The van der Waals surface area contributed by atoms with Crippen molar-refractivity contribution in [2.24, 2.45) is 11.8 Å². The lowest BCUT2D eigenvalue weighted by atomic mass is 9.78. The van der Waals surface area contributed by atoms with Crippen LogP contribution in [-0.2, 0) is 23.9 Å². The molecule has 0 unspecified atom stereocenters. The van der Waals surface area contributed by atoms with E-state index in [9.17, 15) is 24.6 Å². The molecule has 2 fully saturated rings. The summed E-state index contributed by atoms with van der Waals surface area (Å²) in [5.41, 5.74) is -1.86. The third-order valence-electron chi connectivity index (χ3n) is 5.46. The number of ketones is 1. The van der Waals surface area contributed by atoms with Gasteiger partial charge in [0.25, 0.3) is 0 Å². The third kappa shape index (κ3) is 3.49. The second-order valence-electron chi connectivity index (χ2n) is 7.11. The Bertz CT molecular complexity index is 720. The fourth-order valence-corrected chi connectivity index (χ4v) is 3.68. The highest BCUT2D eigenvalue weighted by atomic mass is 16.6. The molecular formula is C20H26O7. The molecule has 2 rings (SSSR count). The lowest BCUT2D eigenvalue weighted by Crippen LogP contribution is -2.59. The maximum atomic E-state index is 12.8. The average molecular weight is 378 g/mol. The molecule has 2 N–H and O–H groups in total. The summed E-state index contributed by atoms with van der Waals surface area (Å²) < 4.78 is 10.8. The molecule has 148 valence electrons. The highest BCUT2D eigenvalue weighted by molar-refractivity contribution is 5.99. The highest BCUT2D eigenvalue weighted by Crippen LogP contribution is 2.45. The zero-order valence-electron chi connectivity index (χ0n) is 16.0. The van der Waals surface area contributed by atoms with Gasteiger partial charge in [-0.2, -0.15) is 0 Å². The van der Waals surface area contributed by atoms with Crippen LogP contribution in [-0.4, -0.2) is 51.8 Å². The molecule has 7 nitrogen and oxygen atoms in total.